The van der Waals surface area contributed by atoms with Crippen LogP contribution < -0.4 is 15.5 Å². The van der Waals surface area contributed by atoms with Crippen LogP contribution in [0.2, 0.25) is 0 Å². The third kappa shape index (κ3) is 2.94. The second-order valence-corrected chi connectivity index (χ2v) is 5.19. The lowest BCUT2D eigenvalue weighted by atomic mass is 10.3. The maximum Gasteiger partial charge on any atom is 0.276 e. The Labute approximate surface area is 120 Å². The third-order valence-corrected chi connectivity index (χ3v) is 3.72. The van der Waals surface area contributed by atoms with Gasteiger partial charge < -0.3 is 15.5 Å². The summed E-state index contributed by atoms with van der Waals surface area (Å²) in [6, 6.07) is 3.80. The molecule has 0 radical (unpaired) electrons. The van der Waals surface area contributed by atoms with Crippen molar-refractivity contribution >= 4 is 28.7 Å². The van der Waals surface area contributed by atoms with Gasteiger partial charge in [-0.05, 0) is 12.1 Å². The number of thiazole rings is 1. The molecule has 1 fully saturated rings. The fraction of sp³-hybridized carbons (Fsp3) is 0.308. The molecule has 0 aromatic carbocycles. The summed E-state index contributed by atoms with van der Waals surface area (Å²) in [6.07, 6.45) is 1.79. The first-order valence-corrected chi connectivity index (χ1v) is 7.38. The van der Waals surface area contributed by atoms with Gasteiger partial charge in [0.15, 0.2) is 0 Å². The molecule has 7 heteroatoms. The van der Waals surface area contributed by atoms with Crippen molar-refractivity contribution in [1.29, 1.82) is 0 Å². The van der Waals surface area contributed by atoms with Crippen molar-refractivity contribution in [3.8, 4) is 0 Å². The number of carbonyl (C=O) groups excluding carboxylic acids is 1. The predicted molar refractivity (Wildman–Crippen MR) is 79.4 cm³/mol. The highest BCUT2D eigenvalue weighted by atomic mass is 32.1. The quantitative estimate of drug-likeness (QED) is 0.888. The summed E-state index contributed by atoms with van der Waals surface area (Å²) < 4.78 is 0. The molecule has 2 aromatic heterocycles. The molecule has 3 heterocycles. The van der Waals surface area contributed by atoms with Gasteiger partial charge in [-0.15, -0.1) is 11.3 Å². The van der Waals surface area contributed by atoms with Gasteiger partial charge in [-0.1, -0.05) is 0 Å². The number of amides is 1. The Hall–Kier alpha value is -1.99. The van der Waals surface area contributed by atoms with Gasteiger partial charge in [0.05, 0.1) is 17.4 Å². The van der Waals surface area contributed by atoms with Crippen LogP contribution in [0.4, 0.5) is 11.5 Å². The van der Waals surface area contributed by atoms with E-state index in [1.54, 1.807) is 17.1 Å². The number of piperazine rings is 1. The summed E-state index contributed by atoms with van der Waals surface area (Å²) in [4.78, 5) is 22.4. The minimum Gasteiger partial charge on any atom is -0.368 e. The summed E-state index contributed by atoms with van der Waals surface area (Å²) in [5.41, 5.74) is 3.14. The van der Waals surface area contributed by atoms with Gasteiger partial charge in [0.2, 0.25) is 0 Å². The molecule has 104 valence electrons. The van der Waals surface area contributed by atoms with E-state index in [0.29, 0.717) is 11.5 Å². The van der Waals surface area contributed by atoms with E-state index in [-0.39, 0.29) is 5.91 Å². The Kier molecular flexibility index (Phi) is 3.89. The van der Waals surface area contributed by atoms with Crippen LogP contribution in [0.1, 0.15) is 10.5 Å². The van der Waals surface area contributed by atoms with E-state index in [9.17, 15) is 4.79 Å². The normalized spacial score (nSPS) is 15.1. The lowest BCUT2D eigenvalue weighted by Crippen LogP contribution is -2.43. The lowest BCUT2D eigenvalue weighted by Gasteiger charge is -2.29. The number of anilines is 2. The van der Waals surface area contributed by atoms with Crippen molar-refractivity contribution in [2.45, 2.75) is 0 Å². The van der Waals surface area contributed by atoms with Crippen molar-refractivity contribution in [2.24, 2.45) is 0 Å². The van der Waals surface area contributed by atoms with Gasteiger partial charge in [-0.2, -0.15) is 0 Å². The van der Waals surface area contributed by atoms with Gasteiger partial charge in [0.1, 0.15) is 11.5 Å². The molecule has 1 saturated heterocycles. The smallest absolute Gasteiger partial charge is 0.276 e. The molecule has 1 aliphatic heterocycles. The van der Waals surface area contributed by atoms with E-state index >= 15 is 0 Å². The van der Waals surface area contributed by atoms with E-state index in [1.807, 2.05) is 12.1 Å². The van der Waals surface area contributed by atoms with E-state index in [1.165, 1.54) is 11.3 Å². The Balaban J connectivity index is 1.65. The molecule has 20 heavy (non-hydrogen) atoms. The van der Waals surface area contributed by atoms with Crippen LogP contribution in [-0.4, -0.2) is 42.1 Å². The van der Waals surface area contributed by atoms with E-state index in [4.69, 9.17) is 0 Å². The molecule has 2 aromatic rings. The molecule has 0 aliphatic carbocycles. The maximum absolute atomic E-state index is 11.8. The number of aromatic nitrogens is 2. The highest BCUT2D eigenvalue weighted by molar-refractivity contribution is 7.07. The Bertz CT molecular complexity index is 563. The van der Waals surface area contributed by atoms with Gasteiger partial charge in [-0.25, -0.2) is 9.97 Å². The first kappa shape index (κ1) is 13.0. The van der Waals surface area contributed by atoms with E-state index in [0.717, 1.165) is 31.9 Å². The molecule has 0 unspecified atom stereocenters. The molecule has 0 spiro atoms. The zero-order valence-electron chi connectivity index (χ0n) is 10.9. The summed E-state index contributed by atoms with van der Waals surface area (Å²) in [6.45, 7) is 3.93. The number of hydrogen-bond donors (Lipinski definition) is 2. The van der Waals surface area contributed by atoms with Gasteiger partial charge in [0.25, 0.3) is 5.91 Å². The fourth-order valence-electron chi connectivity index (χ4n) is 2.08. The van der Waals surface area contributed by atoms with Crippen LogP contribution >= 0.6 is 11.3 Å². The average molecular weight is 289 g/mol. The molecule has 1 aliphatic rings. The molecular weight excluding hydrogens is 274 g/mol. The van der Waals surface area contributed by atoms with Crippen molar-refractivity contribution < 1.29 is 4.79 Å². The van der Waals surface area contributed by atoms with Gasteiger partial charge in [-0.3, -0.25) is 4.79 Å². The van der Waals surface area contributed by atoms with Crippen molar-refractivity contribution in [3.05, 3.63) is 34.9 Å². The molecular formula is C13H15N5OS. The molecule has 6 nitrogen and oxygen atoms in total. The average Bonchev–Trinajstić information content (AvgIpc) is 3.03. The van der Waals surface area contributed by atoms with Crippen LogP contribution in [0.25, 0.3) is 0 Å². The van der Waals surface area contributed by atoms with Crippen LogP contribution in [0.3, 0.4) is 0 Å². The van der Waals surface area contributed by atoms with Crippen LogP contribution in [0.15, 0.2) is 29.2 Å². The minimum absolute atomic E-state index is 0.228. The standard InChI is InChI=1S/C13H15N5OS/c19-13(11-8-20-9-16-11)17-12-2-1-10(7-15-12)18-5-3-14-4-6-18/h1-2,7-9,14H,3-6H2,(H,15,17,19). The van der Waals surface area contributed by atoms with Gasteiger partial charge in [0, 0.05) is 31.6 Å². The number of carbonyl (C=O) groups is 1. The van der Waals surface area contributed by atoms with Crippen LogP contribution in [0, 0.1) is 0 Å². The summed E-state index contributed by atoms with van der Waals surface area (Å²) >= 11 is 1.39. The zero-order valence-corrected chi connectivity index (χ0v) is 11.7. The van der Waals surface area contributed by atoms with Crippen LogP contribution in [-0.2, 0) is 0 Å². The van der Waals surface area contributed by atoms with E-state index in [2.05, 4.69) is 25.5 Å². The SMILES string of the molecule is O=C(Nc1ccc(N2CCNCC2)cn1)c1cscn1. The molecule has 3 rings (SSSR count). The molecule has 0 atom stereocenters. The molecule has 0 saturated carbocycles. The monoisotopic (exact) mass is 289 g/mol. The Morgan fingerprint density at radius 2 is 2.15 bits per heavy atom. The second kappa shape index (κ2) is 5.98. The van der Waals surface area contributed by atoms with E-state index < -0.39 is 0 Å². The summed E-state index contributed by atoms with van der Waals surface area (Å²) in [7, 11) is 0. The highest BCUT2D eigenvalue weighted by Gasteiger charge is 2.12. The molecule has 2 N–H and O–H groups in total. The number of rotatable bonds is 3. The summed E-state index contributed by atoms with van der Waals surface area (Å²) in [5.74, 6) is 0.315. The Morgan fingerprint density at radius 1 is 1.30 bits per heavy atom. The van der Waals surface area contributed by atoms with Crippen molar-refractivity contribution in [2.75, 3.05) is 36.4 Å². The van der Waals surface area contributed by atoms with Crippen molar-refractivity contribution in [1.82, 2.24) is 15.3 Å². The number of nitrogens with zero attached hydrogens (tertiary/aromatic N) is 3. The predicted octanol–water partition coefficient (Wildman–Crippen LogP) is 1.20. The van der Waals surface area contributed by atoms with Gasteiger partial charge >= 0.3 is 0 Å². The summed E-state index contributed by atoms with van der Waals surface area (Å²) in [5, 5.41) is 7.76. The largest absolute Gasteiger partial charge is 0.368 e. The third-order valence-electron chi connectivity index (χ3n) is 3.14. The minimum atomic E-state index is -0.228. The van der Waals surface area contributed by atoms with Crippen molar-refractivity contribution in [3.63, 3.8) is 0 Å². The second-order valence-electron chi connectivity index (χ2n) is 4.47. The maximum atomic E-state index is 11.8. The Morgan fingerprint density at radius 3 is 2.80 bits per heavy atom. The fourth-order valence-corrected chi connectivity index (χ4v) is 2.61. The zero-order chi connectivity index (χ0) is 13.8. The molecule has 1 amide bonds. The first-order chi connectivity index (χ1) is 9.83. The molecule has 0 bridgehead atoms. The number of hydrogen-bond acceptors (Lipinski definition) is 6. The number of pyridine rings is 1. The van der Waals surface area contributed by atoms with Crippen LogP contribution in [0.5, 0.6) is 0 Å². The first-order valence-electron chi connectivity index (χ1n) is 6.44. The highest BCUT2D eigenvalue weighted by Crippen LogP contribution is 2.16. The topological polar surface area (TPSA) is 70.2 Å². The lowest BCUT2D eigenvalue weighted by molar-refractivity contribution is 0.102. The number of nitrogens with one attached hydrogen (secondary N) is 2.